The van der Waals surface area contributed by atoms with Crippen molar-refractivity contribution in [3.8, 4) is 0 Å². The minimum absolute atomic E-state index is 0.0704. The van der Waals surface area contributed by atoms with Crippen LogP contribution in [0, 0.1) is 0 Å². The average molecular weight is 362 g/mol. The van der Waals surface area contributed by atoms with Gasteiger partial charge >= 0.3 is 6.03 Å². The fourth-order valence-electron chi connectivity index (χ4n) is 3.29. The Morgan fingerprint density at radius 2 is 1.59 bits per heavy atom. The van der Waals surface area contributed by atoms with Gasteiger partial charge in [0.25, 0.3) is 5.91 Å². The zero-order valence-electron chi connectivity index (χ0n) is 14.8. The largest absolute Gasteiger partial charge is 0.337 e. The van der Waals surface area contributed by atoms with E-state index in [4.69, 9.17) is 4.52 Å². The molecule has 136 valence electrons. The maximum atomic E-state index is 13.5. The summed E-state index contributed by atoms with van der Waals surface area (Å²) in [4.78, 5) is 31.5. The zero-order chi connectivity index (χ0) is 18.9. The first-order chi connectivity index (χ1) is 13.1. The van der Waals surface area contributed by atoms with Gasteiger partial charge in [0.15, 0.2) is 11.4 Å². The van der Waals surface area contributed by atoms with Crippen molar-refractivity contribution in [1.82, 2.24) is 20.4 Å². The third-order valence-electron chi connectivity index (χ3n) is 4.64. The van der Waals surface area contributed by atoms with Crippen molar-refractivity contribution in [3.63, 3.8) is 0 Å². The Morgan fingerprint density at radius 3 is 2.11 bits per heavy atom. The maximum Gasteiger partial charge on any atom is 0.326 e. The molecule has 0 bridgehead atoms. The summed E-state index contributed by atoms with van der Waals surface area (Å²) in [6.07, 6.45) is 0.613. The molecule has 0 radical (unpaired) electrons. The van der Waals surface area contributed by atoms with Crippen molar-refractivity contribution in [2.45, 2.75) is 25.4 Å². The molecule has 27 heavy (non-hydrogen) atoms. The second-order valence-electron chi connectivity index (χ2n) is 6.26. The van der Waals surface area contributed by atoms with Crippen LogP contribution in [0.2, 0.25) is 0 Å². The molecule has 3 aromatic rings. The summed E-state index contributed by atoms with van der Waals surface area (Å²) in [6.45, 7) is 1.83. The lowest BCUT2D eigenvalue weighted by Crippen LogP contribution is -2.45. The molecule has 0 saturated carbocycles. The van der Waals surface area contributed by atoms with Gasteiger partial charge in [0, 0.05) is 6.42 Å². The van der Waals surface area contributed by atoms with E-state index in [2.05, 4.69) is 15.5 Å². The monoisotopic (exact) mass is 362 g/mol. The minimum Gasteiger partial charge on any atom is -0.337 e. The third-order valence-corrected chi connectivity index (χ3v) is 4.64. The Kier molecular flexibility index (Phi) is 4.19. The fraction of sp³-hybridized carbons (Fsp3) is 0.200. The van der Waals surface area contributed by atoms with Crippen LogP contribution in [0.4, 0.5) is 4.79 Å². The number of aromatic nitrogens is 2. The molecule has 1 aliphatic heterocycles. The van der Waals surface area contributed by atoms with Crippen LogP contribution >= 0.6 is 0 Å². The van der Waals surface area contributed by atoms with E-state index >= 15 is 0 Å². The molecule has 0 unspecified atom stereocenters. The molecule has 1 fully saturated rings. The lowest BCUT2D eigenvalue weighted by atomic mass is 9.82. The van der Waals surface area contributed by atoms with Crippen molar-refractivity contribution >= 4 is 11.9 Å². The normalized spacial score (nSPS) is 15.8. The Labute approximate surface area is 156 Å². The van der Waals surface area contributed by atoms with Gasteiger partial charge in [-0.1, -0.05) is 72.7 Å². The van der Waals surface area contributed by atoms with Crippen molar-refractivity contribution < 1.29 is 14.1 Å². The molecule has 1 aliphatic rings. The molecule has 0 aliphatic carbocycles. The summed E-state index contributed by atoms with van der Waals surface area (Å²) in [6, 6.07) is 17.9. The van der Waals surface area contributed by atoms with Gasteiger partial charge in [-0.3, -0.25) is 9.69 Å². The lowest BCUT2D eigenvalue weighted by molar-refractivity contribution is -0.130. The smallest absolute Gasteiger partial charge is 0.326 e. The second-order valence-corrected chi connectivity index (χ2v) is 6.26. The van der Waals surface area contributed by atoms with E-state index in [0.717, 1.165) is 4.90 Å². The van der Waals surface area contributed by atoms with Crippen LogP contribution in [0.25, 0.3) is 0 Å². The standard InChI is InChI=1S/C20H18N4O3/c1-2-16-21-17(27-23-16)13-24-18(25)20(22-19(24)26,14-9-5-3-6-10-14)15-11-7-4-8-12-15/h3-12H,2,13H2,1H3,(H,22,26). The predicted molar refractivity (Wildman–Crippen MR) is 96.4 cm³/mol. The number of imide groups is 1. The number of carbonyl (C=O) groups is 2. The Morgan fingerprint density at radius 1 is 1.00 bits per heavy atom. The van der Waals surface area contributed by atoms with Crippen LogP contribution in [0.1, 0.15) is 29.8 Å². The van der Waals surface area contributed by atoms with E-state index in [9.17, 15) is 9.59 Å². The Bertz CT molecular complexity index is 930. The molecule has 0 atom stereocenters. The number of nitrogens with zero attached hydrogens (tertiary/aromatic N) is 3. The van der Waals surface area contributed by atoms with Gasteiger partial charge in [-0.2, -0.15) is 4.98 Å². The van der Waals surface area contributed by atoms with Gasteiger partial charge in [0.05, 0.1) is 0 Å². The van der Waals surface area contributed by atoms with Gasteiger partial charge in [-0.05, 0) is 11.1 Å². The van der Waals surface area contributed by atoms with Crippen molar-refractivity contribution in [1.29, 1.82) is 0 Å². The van der Waals surface area contributed by atoms with E-state index < -0.39 is 11.6 Å². The van der Waals surface area contributed by atoms with Crippen LogP contribution < -0.4 is 5.32 Å². The van der Waals surface area contributed by atoms with Crippen molar-refractivity contribution in [3.05, 3.63) is 83.5 Å². The average Bonchev–Trinajstić information content (AvgIpc) is 3.28. The summed E-state index contributed by atoms with van der Waals surface area (Å²) < 4.78 is 5.16. The van der Waals surface area contributed by atoms with Gasteiger partial charge in [-0.15, -0.1) is 0 Å². The van der Waals surface area contributed by atoms with Crippen LogP contribution in [0.15, 0.2) is 65.2 Å². The predicted octanol–water partition coefficient (Wildman–Crippen LogP) is 2.63. The molecule has 2 aromatic carbocycles. The van der Waals surface area contributed by atoms with E-state index in [-0.39, 0.29) is 18.3 Å². The number of amides is 3. The van der Waals surface area contributed by atoms with E-state index in [1.807, 2.05) is 67.6 Å². The topological polar surface area (TPSA) is 88.3 Å². The highest BCUT2D eigenvalue weighted by Crippen LogP contribution is 2.36. The van der Waals surface area contributed by atoms with Crippen LogP contribution in [-0.2, 0) is 23.3 Å². The number of nitrogens with one attached hydrogen (secondary N) is 1. The highest BCUT2D eigenvalue weighted by atomic mass is 16.5. The number of aryl methyl sites for hydroxylation is 1. The molecular formula is C20H18N4O3. The molecule has 7 heteroatoms. The quantitative estimate of drug-likeness (QED) is 0.705. The maximum absolute atomic E-state index is 13.5. The van der Waals surface area contributed by atoms with E-state index in [1.165, 1.54) is 0 Å². The summed E-state index contributed by atoms with van der Waals surface area (Å²) in [5, 5.41) is 6.71. The van der Waals surface area contributed by atoms with Crippen molar-refractivity contribution in [2.24, 2.45) is 0 Å². The molecule has 4 rings (SSSR count). The molecule has 0 spiro atoms. The Balaban J connectivity index is 1.77. The molecule has 1 saturated heterocycles. The first kappa shape index (κ1) is 17.0. The van der Waals surface area contributed by atoms with Gasteiger partial charge in [-0.25, -0.2) is 4.79 Å². The number of carbonyl (C=O) groups excluding carboxylic acids is 2. The molecular weight excluding hydrogens is 344 g/mol. The van der Waals surface area contributed by atoms with Crippen LogP contribution in [0.3, 0.4) is 0 Å². The number of hydrogen-bond donors (Lipinski definition) is 1. The SMILES string of the molecule is CCc1noc(CN2C(=O)NC(c3ccccc3)(c3ccccc3)C2=O)n1. The molecule has 1 aromatic heterocycles. The third kappa shape index (κ3) is 2.77. The molecule has 1 N–H and O–H groups in total. The molecule has 7 nitrogen and oxygen atoms in total. The van der Waals surface area contributed by atoms with Gasteiger partial charge in [0.2, 0.25) is 5.89 Å². The summed E-state index contributed by atoms with van der Waals surface area (Å²) in [5.41, 5.74) is 0.0985. The Hall–Kier alpha value is -3.48. The summed E-state index contributed by atoms with van der Waals surface area (Å²) in [5.74, 6) is 0.392. The van der Waals surface area contributed by atoms with Crippen molar-refractivity contribution in [2.75, 3.05) is 0 Å². The van der Waals surface area contributed by atoms with Gasteiger partial charge < -0.3 is 9.84 Å². The molecule has 2 heterocycles. The number of hydrogen-bond acceptors (Lipinski definition) is 5. The second kappa shape index (κ2) is 6.68. The number of rotatable bonds is 5. The summed E-state index contributed by atoms with van der Waals surface area (Å²) >= 11 is 0. The first-order valence-electron chi connectivity index (χ1n) is 8.71. The first-order valence-corrected chi connectivity index (χ1v) is 8.71. The lowest BCUT2D eigenvalue weighted by Gasteiger charge is -2.27. The summed E-state index contributed by atoms with van der Waals surface area (Å²) in [7, 11) is 0. The number of urea groups is 1. The van der Waals surface area contributed by atoms with E-state index in [1.54, 1.807) is 0 Å². The molecule has 3 amide bonds. The highest BCUT2D eigenvalue weighted by molar-refractivity contribution is 6.09. The van der Waals surface area contributed by atoms with Crippen LogP contribution in [-0.4, -0.2) is 27.0 Å². The van der Waals surface area contributed by atoms with E-state index in [0.29, 0.717) is 23.4 Å². The van der Waals surface area contributed by atoms with Gasteiger partial charge in [0.1, 0.15) is 6.54 Å². The fourth-order valence-corrected chi connectivity index (χ4v) is 3.29. The highest BCUT2D eigenvalue weighted by Gasteiger charge is 2.53. The van der Waals surface area contributed by atoms with Crippen LogP contribution in [0.5, 0.6) is 0 Å². The number of benzene rings is 2. The zero-order valence-corrected chi connectivity index (χ0v) is 14.8. The minimum atomic E-state index is -1.28.